The van der Waals surface area contributed by atoms with Gasteiger partial charge in [0.05, 0.1) is 24.6 Å². The van der Waals surface area contributed by atoms with Crippen LogP contribution in [0.1, 0.15) is 35.1 Å². The van der Waals surface area contributed by atoms with Crippen molar-refractivity contribution in [3.05, 3.63) is 102 Å². The summed E-state index contributed by atoms with van der Waals surface area (Å²) in [6.45, 7) is 0.0866. The Morgan fingerprint density at radius 3 is 2.65 bits per heavy atom. The third-order valence-electron chi connectivity index (χ3n) is 6.67. The summed E-state index contributed by atoms with van der Waals surface area (Å²) >= 11 is 0. The predicted octanol–water partition coefficient (Wildman–Crippen LogP) is 4.20. The van der Waals surface area contributed by atoms with Crippen LogP contribution in [0.5, 0.6) is 0 Å². The van der Waals surface area contributed by atoms with Gasteiger partial charge in [0.15, 0.2) is 6.04 Å². The van der Waals surface area contributed by atoms with Gasteiger partial charge in [-0.25, -0.2) is 4.68 Å². The zero-order chi connectivity index (χ0) is 25.2. The van der Waals surface area contributed by atoms with Gasteiger partial charge < -0.3 is 14.2 Å². The number of carbonyl (C=O) groups is 2. The Labute approximate surface area is 212 Å². The molecule has 0 saturated heterocycles. The second-order valence-corrected chi connectivity index (χ2v) is 9.02. The van der Waals surface area contributed by atoms with Crippen LogP contribution < -0.4 is 10.2 Å². The maximum absolute atomic E-state index is 14.0. The van der Waals surface area contributed by atoms with Gasteiger partial charge in [-0.05, 0) is 78.9 Å². The standard InChI is InChI=1S/C28H25N5O4/c34-26(18-32-24-10-2-1-9-23(24)30-31-32)33(21-13-12-19-6-3-7-20(19)16-21)27(25-11-5-15-37-25)28(35)29-17-22-8-4-14-36-22/h1-2,4-5,8-16,27H,3,6-7,17-18H2,(H,29,35)/t27-/m1/s1. The lowest BCUT2D eigenvalue weighted by molar-refractivity contribution is -0.127. The molecule has 0 bridgehead atoms. The van der Waals surface area contributed by atoms with Crippen LogP contribution in [0.3, 0.4) is 0 Å². The summed E-state index contributed by atoms with van der Waals surface area (Å²) in [4.78, 5) is 29.2. The molecule has 186 valence electrons. The first-order valence-electron chi connectivity index (χ1n) is 12.2. The highest BCUT2D eigenvalue weighted by atomic mass is 16.3. The number of aryl methyl sites for hydroxylation is 2. The van der Waals surface area contributed by atoms with Gasteiger partial charge in [0, 0.05) is 5.69 Å². The molecule has 3 heterocycles. The van der Waals surface area contributed by atoms with E-state index in [1.54, 1.807) is 35.2 Å². The summed E-state index contributed by atoms with van der Waals surface area (Å²) in [6.07, 6.45) is 6.07. The van der Waals surface area contributed by atoms with E-state index in [1.807, 2.05) is 42.5 Å². The Bertz CT molecular complexity index is 1540. The maximum atomic E-state index is 14.0. The molecule has 0 unspecified atom stereocenters. The molecule has 5 aromatic rings. The number of aromatic nitrogens is 3. The molecular weight excluding hydrogens is 470 g/mol. The van der Waals surface area contributed by atoms with Crippen molar-refractivity contribution in [1.82, 2.24) is 20.3 Å². The van der Waals surface area contributed by atoms with Crippen LogP contribution in [0.4, 0.5) is 5.69 Å². The fourth-order valence-corrected chi connectivity index (χ4v) is 4.89. The number of carbonyl (C=O) groups excluding carboxylic acids is 2. The van der Waals surface area contributed by atoms with Crippen LogP contribution in [-0.4, -0.2) is 26.8 Å². The van der Waals surface area contributed by atoms with E-state index < -0.39 is 6.04 Å². The number of rotatable bonds is 8. The van der Waals surface area contributed by atoms with Gasteiger partial charge >= 0.3 is 0 Å². The van der Waals surface area contributed by atoms with E-state index in [0.29, 0.717) is 22.7 Å². The molecule has 1 aliphatic carbocycles. The van der Waals surface area contributed by atoms with E-state index in [9.17, 15) is 9.59 Å². The third-order valence-corrected chi connectivity index (χ3v) is 6.67. The predicted molar refractivity (Wildman–Crippen MR) is 135 cm³/mol. The van der Waals surface area contributed by atoms with Crippen molar-refractivity contribution in [3.8, 4) is 0 Å². The zero-order valence-corrected chi connectivity index (χ0v) is 20.0. The summed E-state index contributed by atoms with van der Waals surface area (Å²) < 4.78 is 12.6. The van der Waals surface area contributed by atoms with Crippen LogP contribution >= 0.6 is 0 Å². The number of nitrogens with zero attached hydrogens (tertiary/aromatic N) is 4. The Kier molecular flexibility index (Phi) is 6.02. The topological polar surface area (TPSA) is 106 Å². The second kappa shape index (κ2) is 9.77. The van der Waals surface area contributed by atoms with Crippen LogP contribution in [0.25, 0.3) is 11.0 Å². The van der Waals surface area contributed by atoms with Crippen molar-refractivity contribution in [2.75, 3.05) is 4.90 Å². The van der Waals surface area contributed by atoms with Crippen LogP contribution in [0.15, 0.2) is 88.1 Å². The molecule has 1 N–H and O–H groups in total. The number of nitrogens with one attached hydrogen (secondary N) is 1. The number of para-hydroxylation sites is 1. The largest absolute Gasteiger partial charge is 0.467 e. The number of furan rings is 2. The van der Waals surface area contributed by atoms with Gasteiger partial charge in [0.25, 0.3) is 5.91 Å². The fourth-order valence-electron chi connectivity index (χ4n) is 4.89. The first-order chi connectivity index (χ1) is 18.2. The Hall–Kier alpha value is -4.66. The molecule has 6 rings (SSSR count). The first kappa shape index (κ1) is 22.8. The molecule has 37 heavy (non-hydrogen) atoms. The summed E-state index contributed by atoms with van der Waals surface area (Å²) in [5.74, 6) is 0.261. The number of fused-ring (bicyclic) bond motifs is 2. The third kappa shape index (κ3) is 4.51. The van der Waals surface area contributed by atoms with Crippen LogP contribution in [0, 0.1) is 0 Å². The lowest BCUT2D eigenvalue weighted by atomic mass is 10.1. The van der Waals surface area contributed by atoms with Gasteiger partial charge in [0.2, 0.25) is 5.91 Å². The van der Waals surface area contributed by atoms with Gasteiger partial charge in [-0.15, -0.1) is 5.10 Å². The second-order valence-electron chi connectivity index (χ2n) is 9.02. The molecule has 0 radical (unpaired) electrons. The number of hydrogen-bond acceptors (Lipinski definition) is 6. The molecule has 2 amide bonds. The van der Waals surface area contributed by atoms with Gasteiger partial charge in [-0.3, -0.25) is 14.5 Å². The monoisotopic (exact) mass is 495 g/mol. The molecule has 0 aliphatic heterocycles. The summed E-state index contributed by atoms with van der Waals surface area (Å²) in [6, 6.07) is 19.3. The van der Waals surface area contributed by atoms with Crippen molar-refractivity contribution in [2.45, 2.75) is 38.4 Å². The molecule has 1 aliphatic rings. The van der Waals surface area contributed by atoms with E-state index in [2.05, 4.69) is 15.6 Å². The molecule has 0 fully saturated rings. The molecule has 9 heteroatoms. The highest BCUT2D eigenvalue weighted by molar-refractivity contribution is 6.01. The smallest absolute Gasteiger partial charge is 0.251 e. The number of amides is 2. The van der Waals surface area contributed by atoms with Crippen molar-refractivity contribution in [1.29, 1.82) is 0 Å². The van der Waals surface area contributed by atoms with E-state index in [0.717, 1.165) is 24.8 Å². The van der Waals surface area contributed by atoms with Gasteiger partial charge in [-0.2, -0.15) is 0 Å². The van der Waals surface area contributed by atoms with E-state index in [4.69, 9.17) is 8.83 Å². The van der Waals surface area contributed by atoms with E-state index >= 15 is 0 Å². The Balaban J connectivity index is 1.39. The number of anilines is 1. The lowest BCUT2D eigenvalue weighted by Crippen LogP contribution is -2.45. The minimum absolute atomic E-state index is 0.0970. The maximum Gasteiger partial charge on any atom is 0.251 e. The lowest BCUT2D eigenvalue weighted by Gasteiger charge is -2.30. The highest BCUT2D eigenvalue weighted by Crippen LogP contribution is 2.33. The van der Waals surface area contributed by atoms with Crippen LogP contribution in [-0.2, 0) is 35.5 Å². The molecule has 0 saturated carbocycles. The highest BCUT2D eigenvalue weighted by Gasteiger charge is 2.35. The molecule has 3 aromatic heterocycles. The van der Waals surface area contributed by atoms with Crippen molar-refractivity contribution in [3.63, 3.8) is 0 Å². The SMILES string of the molecule is O=C(NCc1ccco1)[C@@H](c1ccco1)N(C(=O)Cn1nnc2ccccc21)c1ccc2c(c1)CCC2. The fraction of sp³-hybridized carbons (Fsp3) is 0.214. The van der Waals surface area contributed by atoms with Gasteiger partial charge in [-0.1, -0.05) is 23.4 Å². The molecule has 1 atom stereocenters. The molecule has 2 aromatic carbocycles. The minimum atomic E-state index is -1.04. The average molecular weight is 496 g/mol. The minimum Gasteiger partial charge on any atom is -0.467 e. The molecule has 0 spiro atoms. The van der Waals surface area contributed by atoms with Crippen molar-refractivity contribution in [2.24, 2.45) is 0 Å². The Morgan fingerprint density at radius 2 is 1.81 bits per heavy atom. The number of hydrogen-bond donors (Lipinski definition) is 1. The van der Waals surface area contributed by atoms with Crippen molar-refractivity contribution >= 4 is 28.5 Å². The van der Waals surface area contributed by atoms with E-state index in [-0.39, 0.29) is 24.9 Å². The van der Waals surface area contributed by atoms with Crippen LogP contribution in [0.2, 0.25) is 0 Å². The Morgan fingerprint density at radius 1 is 0.973 bits per heavy atom. The van der Waals surface area contributed by atoms with Crippen molar-refractivity contribution < 1.29 is 18.4 Å². The summed E-state index contributed by atoms with van der Waals surface area (Å²) in [7, 11) is 0. The number of benzene rings is 2. The normalized spacial score (nSPS) is 13.4. The summed E-state index contributed by atoms with van der Waals surface area (Å²) in [5, 5.41) is 11.3. The average Bonchev–Trinajstić information content (AvgIpc) is 3.73. The van der Waals surface area contributed by atoms with E-state index in [1.165, 1.54) is 22.3 Å². The first-order valence-corrected chi connectivity index (χ1v) is 12.2. The van der Waals surface area contributed by atoms with Gasteiger partial charge in [0.1, 0.15) is 23.6 Å². The zero-order valence-electron chi connectivity index (χ0n) is 20.0. The molecule has 9 nitrogen and oxygen atoms in total. The quantitative estimate of drug-likeness (QED) is 0.346. The summed E-state index contributed by atoms with van der Waals surface area (Å²) in [5.41, 5.74) is 4.52. The molecular formula is C28H25N5O4.